The highest BCUT2D eigenvalue weighted by Crippen LogP contribution is 2.41. The maximum absolute atomic E-state index is 14.4. The summed E-state index contributed by atoms with van der Waals surface area (Å²) in [5.74, 6) is -1.44. The van der Waals surface area contributed by atoms with Crippen molar-refractivity contribution in [3.63, 3.8) is 0 Å². The summed E-state index contributed by atoms with van der Waals surface area (Å²) in [5.41, 5.74) is 7.34. The van der Waals surface area contributed by atoms with Crippen molar-refractivity contribution in [1.29, 1.82) is 0 Å². The van der Waals surface area contributed by atoms with Crippen LogP contribution in [0.15, 0.2) is 47.7 Å². The molecule has 3 N–H and O–H groups in total. The Balaban J connectivity index is 1.35. The molecule has 0 saturated carbocycles. The van der Waals surface area contributed by atoms with Gasteiger partial charge in [-0.2, -0.15) is 5.10 Å². The van der Waals surface area contributed by atoms with Crippen molar-refractivity contribution in [1.82, 2.24) is 35.5 Å². The molecule has 5 aromatic rings. The summed E-state index contributed by atoms with van der Waals surface area (Å²) in [6.45, 7) is 1.62. The molecular weight excluding hydrogens is 668 g/mol. The minimum Gasteiger partial charge on any atom is -0.371 e. The van der Waals surface area contributed by atoms with Crippen LogP contribution in [0.3, 0.4) is 0 Å². The fraction of sp³-hybridized carbons (Fsp3) is 0.333. The number of carbonyl (C=O) groups excluding carboxylic acids is 1. The topological polar surface area (TPSA) is 100 Å². The SMILES string of the molecule is CNc1nn(C)c2c(-c3cc4sc(C)nc4nc3C(Cc3cc(F)cc(F)c3)NC(=O)CN3NC(C(F)F)C4=C3CCC4)ccc(Cl)c12. The summed E-state index contributed by atoms with van der Waals surface area (Å²) in [4.78, 5) is 23.4. The molecule has 1 amide bonds. The van der Waals surface area contributed by atoms with Gasteiger partial charge in [0.15, 0.2) is 11.5 Å². The maximum atomic E-state index is 14.4. The van der Waals surface area contributed by atoms with Gasteiger partial charge in [0.1, 0.15) is 24.2 Å². The van der Waals surface area contributed by atoms with Gasteiger partial charge in [-0.05, 0) is 68.0 Å². The highest BCUT2D eigenvalue weighted by atomic mass is 35.5. The number of rotatable bonds is 9. The van der Waals surface area contributed by atoms with Gasteiger partial charge in [0, 0.05) is 37.0 Å². The van der Waals surface area contributed by atoms with Crippen molar-refractivity contribution in [2.75, 3.05) is 18.9 Å². The van der Waals surface area contributed by atoms with E-state index in [2.05, 4.69) is 26.1 Å². The van der Waals surface area contributed by atoms with Gasteiger partial charge in [0.2, 0.25) is 5.91 Å². The monoisotopic (exact) mass is 698 g/mol. The summed E-state index contributed by atoms with van der Waals surface area (Å²) < 4.78 is 59.0. The second-order valence-corrected chi connectivity index (χ2v) is 13.6. The first-order valence-electron chi connectivity index (χ1n) is 15.4. The van der Waals surface area contributed by atoms with E-state index >= 15 is 0 Å². The zero-order valence-electron chi connectivity index (χ0n) is 26.2. The number of hydrazine groups is 1. The number of allylic oxidation sites excluding steroid dienone is 1. The lowest BCUT2D eigenvalue weighted by Crippen LogP contribution is -2.47. The Morgan fingerprint density at radius 1 is 1.12 bits per heavy atom. The molecule has 2 atom stereocenters. The number of aromatic nitrogens is 4. The quantitative estimate of drug-likeness (QED) is 0.145. The second kappa shape index (κ2) is 12.6. The lowest BCUT2D eigenvalue weighted by atomic mass is 9.94. The molecule has 0 radical (unpaired) electrons. The fourth-order valence-corrected chi connectivity index (χ4v) is 7.92. The minimum absolute atomic E-state index is 0.0278. The zero-order chi connectivity index (χ0) is 33.9. The van der Waals surface area contributed by atoms with E-state index in [9.17, 15) is 22.4 Å². The first-order chi connectivity index (χ1) is 23.0. The molecule has 9 nitrogen and oxygen atoms in total. The van der Waals surface area contributed by atoms with Crippen LogP contribution >= 0.6 is 22.9 Å². The Labute approximate surface area is 282 Å². The first-order valence-corrected chi connectivity index (χ1v) is 16.6. The standard InChI is InChI=1S/C33H31ClF4N8OS/c1-15-40-32-25(48-15)13-21(19-7-8-22(34)27-30(19)45(3)44-33(27)39-2)28(42-32)23(11-16-9-17(35)12-18(36)10-16)41-26(47)14-46-24-6-4-5-20(24)29(43-46)31(37)38/h7-10,12-13,23,29,31,43H,4-6,11,14H2,1-3H3,(H,39,44)(H,41,47). The third-order valence-electron chi connectivity index (χ3n) is 8.79. The number of amides is 1. The Morgan fingerprint density at radius 2 is 1.90 bits per heavy atom. The van der Waals surface area contributed by atoms with E-state index < -0.39 is 36.1 Å². The third kappa shape index (κ3) is 5.86. The molecule has 1 aliphatic carbocycles. The van der Waals surface area contributed by atoms with Crippen LogP contribution in [0.25, 0.3) is 32.4 Å². The number of benzene rings is 2. The van der Waals surface area contributed by atoms with E-state index in [4.69, 9.17) is 16.6 Å². The van der Waals surface area contributed by atoms with Crippen LogP contribution in [0.1, 0.15) is 41.6 Å². The number of hydrogen-bond donors (Lipinski definition) is 3. The normalized spacial score (nSPS) is 16.9. The Bertz CT molecular complexity index is 2090. The lowest BCUT2D eigenvalue weighted by Gasteiger charge is -2.26. The van der Waals surface area contributed by atoms with E-state index in [1.165, 1.54) is 28.5 Å². The van der Waals surface area contributed by atoms with Crippen LogP contribution < -0.4 is 16.1 Å². The van der Waals surface area contributed by atoms with E-state index in [0.717, 1.165) is 22.2 Å². The molecular formula is C33H31ClF4N8OS. The number of alkyl halides is 2. The van der Waals surface area contributed by atoms with Crippen molar-refractivity contribution in [2.24, 2.45) is 7.05 Å². The molecule has 0 saturated heterocycles. The molecule has 2 aliphatic rings. The van der Waals surface area contributed by atoms with Crippen molar-refractivity contribution < 1.29 is 22.4 Å². The number of hydrogen-bond acceptors (Lipinski definition) is 8. The highest BCUT2D eigenvalue weighted by molar-refractivity contribution is 7.18. The van der Waals surface area contributed by atoms with E-state index in [0.29, 0.717) is 68.3 Å². The summed E-state index contributed by atoms with van der Waals surface area (Å²) in [5, 5.41) is 14.1. The Kier molecular flexibility index (Phi) is 8.50. The van der Waals surface area contributed by atoms with Gasteiger partial charge < -0.3 is 15.6 Å². The van der Waals surface area contributed by atoms with Crippen LogP contribution in [-0.2, 0) is 18.3 Å². The molecule has 2 aromatic carbocycles. The van der Waals surface area contributed by atoms with Crippen LogP contribution in [0.2, 0.25) is 5.02 Å². The molecule has 1 aliphatic heterocycles. The largest absolute Gasteiger partial charge is 0.371 e. The zero-order valence-corrected chi connectivity index (χ0v) is 27.7. The number of halogens is 5. The fourth-order valence-electron chi connectivity index (χ4n) is 6.87. The van der Waals surface area contributed by atoms with Gasteiger partial charge in [-0.3, -0.25) is 9.48 Å². The van der Waals surface area contributed by atoms with Gasteiger partial charge in [-0.1, -0.05) is 17.7 Å². The van der Waals surface area contributed by atoms with Gasteiger partial charge in [-0.15, -0.1) is 11.3 Å². The van der Waals surface area contributed by atoms with Gasteiger partial charge in [-0.25, -0.2) is 33.0 Å². The highest BCUT2D eigenvalue weighted by Gasteiger charge is 2.39. The molecule has 3 aromatic heterocycles. The van der Waals surface area contributed by atoms with Gasteiger partial charge >= 0.3 is 0 Å². The summed E-state index contributed by atoms with van der Waals surface area (Å²) in [6.07, 6.45) is -0.783. The van der Waals surface area contributed by atoms with E-state index in [-0.39, 0.29) is 18.5 Å². The maximum Gasteiger partial charge on any atom is 0.259 e. The van der Waals surface area contributed by atoms with Crippen LogP contribution in [0.5, 0.6) is 0 Å². The molecule has 7 rings (SSSR count). The minimum atomic E-state index is -2.62. The lowest BCUT2D eigenvalue weighted by molar-refractivity contribution is -0.123. The molecule has 15 heteroatoms. The summed E-state index contributed by atoms with van der Waals surface area (Å²) in [7, 11) is 3.54. The van der Waals surface area contributed by atoms with Crippen LogP contribution in [0.4, 0.5) is 23.4 Å². The molecule has 0 fully saturated rings. The molecule has 4 heterocycles. The number of nitrogens with one attached hydrogen (secondary N) is 3. The number of nitrogens with zero attached hydrogens (tertiary/aromatic N) is 5. The predicted molar refractivity (Wildman–Crippen MR) is 178 cm³/mol. The summed E-state index contributed by atoms with van der Waals surface area (Å²) >= 11 is 8.12. The first kappa shape index (κ1) is 32.3. The molecule has 0 bridgehead atoms. The van der Waals surface area contributed by atoms with Gasteiger partial charge in [0.05, 0.1) is 37.4 Å². The van der Waals surface area contributed by atoms with Crippen molar-refractivity contribution >= 4 is 55.9 Å². The number of anilines is 1. The van der Waals surface area contributed by atoms with Crippen molar-refractivity contribution in [3.8, 4) is 11.1 Å². The number of thiazole rings is 1. The predicted octanol–water partition coefficient (Wildman–Crippen LogP) is 6.82. The number of pyridine rings is 1. The van der Waals surface area contributed by atoms with Crippen LogP contribution in [0, 0.1) is 18.6 Å². The van der Waals surface area contributed by atoms with E-state index in [1.807, 2.05) is 19.1 Å². The Hall–Kier alpha value is -4.27. The average molecular weight is 699 g/mol. The summed E-state index contributed by atoms with van der Waals surface area (Å²) in [6, 6.07) is 6.69. The van der Waals surface area contributed by atoms with E-state index in [1.54, 1.807) is 24.8 Å². The smallest absolute Gasteiger partial charge is 0.259 e. The molecule has 250 valence electrons. The number of carbonyl (C=O) groups is 1. The molecule has 2 unspecified atom stereocenters. The number of fused-ring (bicyclic) bond motifs is 2. The van der Waals surface area contributed by atoms with Crippen molar-refractivity contribution in [3.05, 3.63) is 80.6 Å². The van der Waals surface area contributed by atoms with Gasteiger partial charge in [0.25, 0.3) is 6.43 Å². The number of aryl methyl sites for hydroxylation is 2. The molecule has 48 heavy (non-hydrogen) atoms. The van der Waals surface area contributed by atoms with Crippen molar-refractivity contribution in [2.45, 2.75) is 51.1 Å². The third-order valence-corrected chi connectivity index (χ3v) is 10.0. The molecule has 0 spiro atoms. The Morgan fingerprint density at radius 3 is 2.62 bits per heavy atom. The average Bonchev–Trinajstić information content (AvgIpc) is 3.79. The second-order valence-electron chi connectivity index (χ2n) is 12.0. The van der Waals surface area contributed by atoms with Crippen LogP contribution in [-0.4, -0.2) is 56.7 Å².